The Morgan fingerprint density at radius 3 is 2.61 bits per heavy atom. The zero-order chi connectivity index (χ0) is 19.5. The summed E-state index contributed by atoms with van der Waals surface area (Å²) in [6, 6.07) is 11.5. The molecule has 6 nitrogen and oxygen atoms in total. The number of likely N-dealkylation sites (tertiary alicyclic amines) is 1. The van der Waals surface area contributed by atoms with Crippen LogP contribution in [0.2, 0.25) is 0 Å². The number of aromatic nitrogens is 1. The molecule has 2 aliphatic rings. The van der Waals surface area contributed by atoms with Crippen LogP contribution in [-0.2, 0) is 9.59 Å². The number of ether oxygens (including phenoxy) is 1. The predicted octanol–water partition coefficient (Wildman–Crippen LogP) is 2.81. The van der Waals surface area contributed by atoms with Crippen molar-refractivity contribution in [1.29, 1.82) is 0 Å². The van der Waals surface area contributed by atoms with Crippen LogP contribution >= 0.6 is 0 Å². The molecule has 4 rings (SSSR count). The quantitative estimate of drug-likeness (QED) is 0.820. The van der Waals surface area contributed by atoms with Gasteiger partial charge < -0.3 is 14.5 Å². The minimum Gasteiger partial charge on any atom is -0.488 e. The van der Waals surface area contributed by atoms with E-state index in [1.807, 2.05) is 48.2 Å². The maximum Gasteiger partial charge on any atom is 0.228 e. The highest BCUT2D eigenvalue weighted by Crippen LogP contribution is 2.28. The Kier molecular flexibility index (Phi) is 5.28. The molecule has 0 bridgehead atoms. The molecule has 2 saturated heterocycles. The van der Waals surface area contributed by atoms with Gasteiger partial charge in [0.2, 0.25) is 11.8 Å². The second-order valence-electron chi connectivity index (χ2n) is 7.59. The SMILES string of the molecule is Cc1ccc(N2CC(C(=O)N3CCCC(Oc4ccncc4)C3)CC2=O)cc1. The number of piperidine rings is 1. The van der Waals surface area contributed by atoms with E-state index in [-0.39, 0.29) is 30.3 Å². The summed E-state index contributed by atoms with van der Waals surface area (Å²) in [4.78, 5) is 33.1. The van der Waals surface area contributed by atoms with Gasteiger partial charge >= 0.3 is 0 Å². The van der Waals surface area contributed by atoms with Gasteiger partial charge in [-0.3, -0.25) is 14.6 Å². The summed E-state index contributed by atoms with van der Waals surface area (Å²) in [5, 5.41) is 0. The molecule has 0 N–H and O–H groups in total. The van der Waals surface area contributed by atoms with E-state index in [1.54, 1.807) is 17.3 Å². The van der Waals surface area contributed by atoms with Crippen molar-refractivity contribution in [2.45, 2.75) is 32.3 Å². The van der Waals surface area contributed by atoms with Crippen LogP contribution in [0.3, 0.4) is 0 Å². The van der Waals surface area contributed by atoms with Gasteiger partial charge in [-0.25, -0.2) is 0 Å². The van der Waals surface area contributed by atoms with Crippen LogP contribution in [0.15, 0.2) is 48.8 Å². The minimum absolute atomic E-state index is 0.0174. The van der Waals surface area contributed by atoms with E-state index >= 15 is 0 Å². The van der Waals surface area contributed by atoms with Gasteiger partial charge in [0.05, 0.1) is 12.5 Å². The van der Waals surface area contributed by atoms with Gasteiger partial charge in [-0.1, -0.05) is 17.7 Å². The van der Waals surface area contributed by atoms with E-state index in [2.05, 4.69) is 4.98 Å². The number of benzene rings is 1. The summed E-state index contributed by atoms with van der Waals surface area (Å²) >= 11 is 0. The predicted molar refractivity (Wildman–Crippen MR) is 106 cm³/mol. The van der Waals surface area contributed by atoms with E-state index in [4.69, 9.17) is 4.74 Å². The molecule has 0 spiro atoms. The van der Waals surface area contributed by atoms with E-state index in [0.29, 0.717) is 13.1 Å². The van der Waals surface area contributed by atoms with Gasteiger partial charge in [0.1, 0.15) is 11.9 Å². The number of aryl methyl sites for hydroxylation is 1. The van der Waals surface area contributed by atoms with Crippen molar-refractivity contribution < 1.29 is 14.3 Å². The molecule has 2 fully saturated rings. The summed E-state index contributed by atoms with van der Waals surface area (Å²) in [7, 11) is 0. The molecule has 1 aromatic carbocycles. The highest BCUT2D eigenvalue weighted by atomic mass is 16.5. The first-order valence-corrected chi connectivity index (χ1v) is 9.82. The standard InChI is InChI=1S/C22H25N3O3/c1-16-4-6-18(7-5-16)25-14-17(13-21(25)26)22(27)24-12-2-3-20(15-24)28-19-8-10-23-11-9-19/h4-11,17,20H,2-3,12-15H2,1H3. The van der Waals surface area contributed by atoms with E-state index < -0.39 is 0 Å². The van der Waals surface area contributed by atoms with Crippen LogP contribution in [0, 0.1) is 12.8 Å². The van der Waals surface area contributed by atoms with Crippen molar-refractivity contribution in [2.24, 2.45) is 5.92 Å². The van der Waals surface area contributed by atoms with Crippen LogP contribution in [0.25, 0.3) is 0 Å². The number of carbonyl (C=O) groups excluding carboxylic acids is 2. The molecular formula is C22H25N3O3. The first-order chi connectivity index (χ1) is 13.6. The van der Waals surface area contributed by atoms with Crippen LogP contribution in [0.5, 0.6) is 5.75 Å². The fourth-order valence-corrected chi connectivity index (χ4v) is 3.95. The van der Waals surface area contributed by atoms with Gasteiger partial charge in [-0.2, -0.15) is 0 Å². The molecule has 1 aromatic heterocycles. The average Bonchev–Trinajstić information content (AvgIpc) is 3.10. The number of nitrogens with zero attached hydrogens (tertiary/aromatic N) is 3. The summed E-state index contributed by atoms with van der Waals surface area (Å²) in [5.41, 5.74) is 2.01. The number of pyridine rings is 1. The van der Waals surface area contributed by atoms with Crippen molar-refractivity contribution in [3.8, 4) is 5.75 Å². The average molecular weight is 379 g/mol. The summed E-state index contributed by atoms with van der Waals surface area (Å²) in [6.45, 7) is 3.76. The third-order valence-corrected chi connectivity index (χ3v) is 5.46. The normalized spacial score (nSPS) is 22.4. The number of anilines is 1. The lowest BCUT2D eigenvalue weighted by atomic mass is 10.0. The molecule has 2 aromatic rings. The van der Waals surface area contributed by atoms with Gasteiger partial charge in [-0.15, -0.1) is 0 Å². The Labute approximate surface area is 165 Å². The fraction of sp³-hybridized carbons (Fsp3) is 0.409. The number of hydrogen-bond donors (Lipinski definition) is 0. The molecule has 28 heavy (non-hydrogen) atoms. The summed E-state index contributed by atoms with van der Waals surface area (Å²) < 4.78 is 6.01. The fourth-order valence-electron chi connectivity index (χ4n) is 3.95. The molecule has 146 valence electrons. The molecule has 2 aliphatic heterocycles. The van der Waals surface area contributed by atoms with Crippen LogP contribution < -0.4 is 9.64 Å². The highest BCUT2D eigenvalue weighted by Gasteiger charge is 2.38. The van der Waals surface area contributed by atoms with E-state index in [1.165, 1.54) is 0 Å². The molecule has 0 aliphatic carbocycles. The largest absolute Gasteiger partial charge is 0.488 e. The van der Waals surface area contributed by atoms with Crippen molar-refractivity contribution in [3.63, 3.8) is 0 Å². The van der Waals surface area contributed by atoms with E-state index in [9.17, 15) is 9.59 Å². The topological polar surface area (TPSA) is 62.7 Å². The second kappa shape index (κ2) is 8.00. The molecule has 0 saturated carbocycles. The Morgan fingerprint density at radius 2 is 1.86 bits per heavy atom. The van der Waals surface area contributed by atoms with Gasteiger partial charge in [0, 0.05) is 37.6 Å². The monoisotopic (exact) mass is 379 g/mol. The Balaban J connectivity index is 1.38. The molecule has 6 heteroatoms. The Bertz CT molecular complexity index is 838. The smallest absolute Gasteiger partial charge is 0.228 e. The molecule has 2 atom stereocenters. The third-order valence-electron chi connectivity index (χ3n) is 5.46. The van der Waals surface area contributed by atoms with Crippen molar-refractivity contribution in [2.75, 3.05) is 24.5 Å². The molecule has 2 amide bonds. The van der Waals surface area contributed by atoms with Crippen molar-refractivity contribution in [3.05, 3.63) is 54.4 Å². The number of amides is 2. The maximum atomic E-state index is 13.1. The summed E-state index contributed by atoms with van der Waals surface area (Å²) in [5.74, 6) is 0.569. The first-order valence-electron chi connectivity index (χ1n) is 9.82. The lowest BCUT2D eigenvalue weighted by Crippen LogP contribution is -2.47. The molecule has 2 unspecified atom stereocenters. The van der Waals surface area contributed by atoms with Crippen LogP contribution in [0.1, 0.15) is 24.8 Å². The zero-order valence-corrected chi connectivity index (χ0v) is 16.1. The minimum atomic E-state index is -0.284. The molecule has 0 radical (unpaired) electrons. The van der Waals surface area contributed by atoms with Gasteiger partial charge in [0.15, 0.2) is 0 Å². The third kappa shape index (κ3) is 4.01. The number of hydrogen-bond acceptors (Lipinski definition) is 4. The second-order valence-corrected chi connectivity index (χ2v) is 7.59. The van der Waals surface area contributed by atoms with Crippen LogP contribution in [0.4, 0.5) is 5.69 Å². The van der Waals surface area contributed by atoms with Crippen molar-refractivity contribution >= 4 is 17.5 Å². The Hall–Kier alpha value is -2.89. The Morgan fingerprint density at radius 1 is 1.11 bits per heavy atom. The van der Waals surface area contributed by atoms with Crippen LogP contribution in [-0.4, -0.2) is 47.4 Å². The van der Waals surface area contributed by atoms with Gasteiger partial charge in [-0.05, 0) is 44.0 Å². The lowest BCUT2D eigenvalue weighted by Gasteiger charge is -2.34. The highest BCUT2D eigenvalue weighted by molar-refractivity contribution is 6.00. The van der Waals surface area contributed by atoms with Crippen molar-refractivity contribution in [1.82, 2.24) is 9.88 Å². The number of rotatable bonds is 4. The zero-order valence-electron chi connectivity index (χ0n) is 16.1. The van der Waals surface area contributed by atoms with Gasteiger partial charge in [0.25, 0.3) is 0 Å². The molecular weight excluding hydrogens is 354 g/mol. The first kappa shape index (κ1) is 18.5. The summed E-state index contributed by atoms with van der Waals surface area (Å²) in [6.07, 6.45) is 5.48. The lowest BCUT2D eigenvalue weighted by molar-refractivity contribution is -0.138. The van der Waals surface area contributed by atoms with E-state index in [0.717, 1.165) is 36.4 Å². The number of carbonyl (C=O) groups is 2. The molecule has 3 heterocycles. The maximum absolute atomic E-state index is 13.1.